The molecule has 1 heterocycles. The fourth-order valence-corrected chi connectivity index (χ4v) is 4.00. The molecule has 1 amide bonds. The summed E-state index contributed by atoms with van der Waals surface area (Å²) in [6.45, 7) is 3.96. The zero-order valence-corrected chi connectivity index (χ0v) is 17.2. The molecule has 140 valence electrons. The van der Waals surface area contributed by atoms with Crippen molar-refractivity contribution in [3.63, 3.8) is 0 Å². The molecule has 0 aliphatic rings. The summed E-state index contributed by atoms with van der Waals surface area (Å²) >= 11 is 13.6. The van der Waals surface area contributed by atoms with Gasteiger partial charge in [0.1, 0.15) is 5.82 Å². The van der Waals surface area contributed by atoms with Crippen LogP contribution in [0.1, 0.15) is 17.8 Å². The summed E-state index contributed by atoms with van der Waals surface area (Å²) < 4.78 is 2.00. The highest BCUT2D eigenvalue weighted by atomic mass is 35.5. The Labute approximate surface area is 172 Å². The quantitative estimate of drug-likeness (QED) is 0.548. The number of nitrogens with zero attached hydrogens (tertiary/aromatic N) is 3. The first-order chi connectivity index (χ1) is 13.0. The van der Waals surface area contributed by atoms with Gasteiger partial charge in [0, 0.05) is 12.2 Å². The van der Waals surface area contributed by atoms with E-state index in [2.05, 4.69) is 15.5 Å². The van der Waals surface area contributed by atoms with Crippen molar-refractivity contribution in [3.05, 3.63) is 63.9 Å². The Morgan fingerprint density at radius 3 is 2.48 bits per heavy atom. The van der Waals surface area contributed by atoms with E-state index in [9.17, 15) is 4.79 Å². The van der Waals surface area contributed by atoms with E-state index in [4.69, 9.17) is 23.2 Å². The third-order valence-electron chi connectivity index (χ3n) is 3.94. The van der Waals surface area contributed by atoms with Crippen LogP contribution in [0.15, 0.2) is 47.6 Å². The topological polar surface area (TPSA) is 59.8 Å². The highest BCUT2D eigenvalue weighted by Crippen LogP contribution is 2.30. The van der Waals surface area contributed by atoms with Crippen molar-refractivity contribution in [3.8, 4) is 5.69 Å². The average molecular weight is 421 g/mol. The summed E-state index contributed by atoms with van der Waals surface area (Å²) in [5.41, 5.74) is 2.61. The molecule has 1 aromatic heterocycles. The Morgan fingerprint density at radius 2 is 1.78 bits per heavy atom. The summed E-state index contributed by atoms with van der Waals surface area (Å²) in [5, 5.41) is 12.8. The Hall–Kier alpha value is -2.02. The molecule has 0 unspecified atom stereocenters. The van der Waals surface area contributed by atoms with E-state index in [1.54, 1.807) is 18.2 Å². The number of para-hydroxylation sites is 2. The summed E-state index contributed by atoms with van der Waals surface area (Å²) in [5.74, 6) is 1.20. The molecule has 0 saturated carbocycles. The first-order valence-electron chi connectivity index (χ1n) is 8.32. The van der Waals surface area contributed by atoms with Crippen molar-refractivity contribution in [1.29, 1.82) is 0 Å². The number of rotatable bonds is 6. The SMILES string of the molecule is Cc1ccccc1-n1c(C)nnc1SCCC(=O)Nc1c(Cl)cccc1Cl. The predicted octanol–water partition coefficient (Wildman–Crippen LogP) is 5.31. The summed E-state index contributed by atoms with van der Waals surface area (Å²) in [6.07, 6.45) is 0.298. The number of anilines is 1. The maximum Gasteiger partial charge on any atom is 0.225 e. The molecule has 1 N–H and O–H groups in total. The lowest BCUT2D eigenvalue weighted by molar-refractivity contribution is -0.115. The van der Waals surface area contributed by atoms with Crippen LogP contribution in [0.2, 0.25) is 10.0 Å². The van der Waals surface area contributed by atoms with Crippen LogP contribution in [0.3, 0.4) is 0 Å². The van der Waals surface area contributed by atoms with Gasteiger partial charge in [-0.1, -0.05) is 59.2 Å². The normalized spacial score (nSPS) is 10.8. The predicted molar refractivity (Wildman–Crippen MR) is 111 cm³/mol. The monoisotopic (exact) mass is 420 g/mol. The zero-order valence-electron chi connectivity index (χ0n) is 14.9. The zero-order chi connectivity index (χ0) is 19.4. The third kappa shape index (κ3) is 4.64. The number of thioether (sulfide) groups is 1. The second-order valence-corrected chi connectivity index (χ2v) is 7.77. The highest BCUT2D eigenvalue weighted by Gasteiger charge is 2.14. The van der Waals surface area contributed by atoms with Crippen molar-refractivity contribution in [2.75, 3.05) is 11.1 Å². The molecule has 5 nitrogen and oxygen atoms in total. The fraction of sp³-hybridized carbons (Fsp3) is 0.211. The van der Waals surface area contributed by atoms with Gasteiger partial charge in [-0.15, -0.1) is 10.2 Å². The highest BCUT2D eigenvalue weighted by molar-refractivity contribution is 7.99. The number of hydrogen-bond donors (Lipinski definition) is 1. The van der Waals surface area contributed by atoms with Crippen LogP contribution in [0.5, 0.6) is 0 Å². The lowest BCUT2D eigenvalue weighted by Crippen LogP contribution is -2.13. The Bertz CT molecular complexity index is 954. The Balaban J connectivity index is 1.65. The summed E-state index contributed by atoms with van der Waals surface area (Å²) in [6, 6.07) is 13.2. The summed E-state index contributed by atoms with van der Waals surface area (Å²) in [4.78, 5) is 12.2. The van der Waals surface area contributed by atoms with E-state index in [0.717, 1.165) is 22.2 Å². The van der Waals surface area contributed by atoms with Gasteiger partial charge in [0.25, 0.3) is 0 Å². The number of benzene rings is 2. The van der Waals surface area contributed by atoms with Crippen LogP contribution < -0.4 is 5.32 Å². The van der Waals surface area contributed by atoms with Gasteiger partial charge in [-0.25, -0.2) is 0 Å². The minimum atomic E-state index is -0.156. The Morgan fingerprint density at radius 1 is 1.07 bits per heavy atom. The van der Waals surface area contributed by atoms with Crippen molar-refractivity contribution in [1.82, 2.24) is 14.8 Å². The van der Waals surface area contributed by atoms with Gasteiger partial charge in [0.05, 0.1) is 21.4 Å². The van der Waals surface area contributed by atoms with Gasteiger partial charge in [0.2, 0.25) is 5.91 Å². The van der Waals surface area contributed by atoms with Crippen molar-refractivity contribution in [2.24, 2.45) is 0 Å². The number of aryl methyl sites for hydroxylation is 2. The number of carbonyl (C=O) groups excluding carboxylic acids is 1. The largest absolute Gasteiger partial charge is 0.324 e. The first-order valence-corrected chi connectivity index (χ1v) is 10.1. The number of amides is 1. The van der Waals surface area contributed by atoms with E-state index in [1.807, 2.05) is 42.7 Å². The maximum absolute atomic E-state index is 12.2. The average Bonchev–Trinajstić information content (AvgIpc) is 2.99. The molecule has 27 heavy (non-hydrogen) atoms. The van der Waals surface area contributed by atoms with Gasteiger partial charge in [0.15, 0.2) is 5.16 Å². The van der Waals surface area contributed by atoms with Crippen LogP contribution in [-0.2, 0) is 4.79 Å². The molecule has 0 aliphatic heterocycles. The van der Waals surface area contributed by atoms with E-state index >= 15 is 0 Å². The standard InChI is InChI=1S/C19H18Cl2N4OS/c1-12-6-3-4-9-16(12)25-13(2)23-24-19(25)27-11-10-17(26)22-18-14(20)7-5-8-15(18)21/h3-9H,10-11H2,1-2H3,(H,22,26). The van der Waals surface area contributed by atoms with E-state index in [1.165, 1.54) is 11.8 Å². The lowest BCUT2D eigenvalue weighted by Gasteiger charge is -2.11. The molecule has 0 bridgehead atoms. The van der Waals surface area contributed by atoms with Crippen LogP contribution >= 0.6 is 35.0 Å². The molecule has 0 atom stereocenters. The van der Waals surface area contributed by atoms with Crippen LogP contribution in [0.25, 0.3) is 5.69 Å². The van der Waals surface area contributed by atoms with Crippen LogP contribution in [0.4, 0.5) is 5.69 Å². The minimum Gasteiger partial charge on any atom is -0.324 e. The molecule has 3 rings (SSSR count). The van der Waals surface area contributed by atoms with Crippen molar-refractivity contribution >= 4 is 46.6 Å². The molecule has 0 radical (unpaired) electrons. The van der Waals surface area contributed by atoms with Crippen LogP contribution in [-0.4, -0.2) is 26.4 Å². The van der Waals surface area contributed by atoms with E-state index in [-0.39, 0.29) is 5.91 Å². The number of aromatic nitrogens is 3. The van der Waals surface area contributed by atoms with E-state index in [0.29, 0.717) is 27.9 Å². The van der Waals surface area contributed by atoms with Crippen molar-refractivity contribution < 1.29 is 4.79 Å². The number of halogens is 2. The van der Waals surface area contributed by atoms with Gasteiger partial charge in [-0.2, -0.15) is 0 Å². The molecule has 0 aliphatic carbocycles. The number of hydrogen-bond acceptors (Lipinski definition) is 4. The lowest BCUT2D eigenvalue weighted by atomic mass is 10.2. The molecule has 0 saturated heterocycles. The van der Waals surface area contributed by atoms with Crippen LogP contribution in [0, 0.1) is 13.8 Å². The smallest absolute Gasteiger partial charge is 0.225 e. The molecule has 3 aromatic rings. The molecule has 8 heteroatoms. The second kappa shape index (κ2) is 8.78. The minimum absolute atomic E-state index is 0.156. The van der Waals surface area contributed by atoms with Gasteiger partial charge in [-0.3, -0.25) is 9.36 Å². The third-order valence-corrected chi connectivity index (χ3v) is 5.50. The first kappa shape index (κ1) is 19.7. The maximum atomic E-state index is 12.2. The van der Waals surface area contributed by atoms with E-state index < -0.39 is 0 Å². The van der Waals surface area contributed by atoms with Crippen molar-refractivity contribution in [2.45, 2.75) is 25.4 Å². The Kier molecular flexibility index (Phi) is 6.42. The van der Waals surface area contributed by atoms with Gasteiger partial charge >= 0.3 is 0 Å². The number of carbonyl (C=O) groups is 1. The molecule has 0 fully saturated rings. The molecular formula is C19H18Cl2N4OS. The van der Waals surface area contributed by atoms with Gasteiger partial charge in [-0.05, 0) is 37.6 Å². The molecular weight excluding hydrogens is 403 g/mol. The second-order valence-electron chi connectivity index (χ2n) is 5.89. The van der Waals surface area contributed by atoms with Gasteiger partial charge < -0.3 is 5.32 Å². The molecule has 0 spiro atoms. The molecule has 2 aromatic carbocycles. The summed E-state index contributed by atoms with van der Waals surface area (Å²) in [7, 11) is 0. The number of nitrogens with one attached hydrogen (secondary N) is 1. The fourth-order valence-electron chi connectivity index (χ4n) is 2.58.